The lowest BCUT2D eigenvalue weighted by atomic mass is 10.1. The molecule has 0 radical (unpaired) electrons. The molecule has 3 nitrogen and oxygen atoms in total. The highest BCUT2D eigenvalue weighted by atomic mass is 16.5. The van der Waals surface area contributed by atoms with Crippen LogP contribution in [0, 0.1) is 11.8 Å². The molecule has 0 fully saturated rings. The number of rotatable bonds is 5. The summed E-state index contributed by atoms with van der Waals surface area (Å²) in [6.45, 7) is 2.99. The van der Waals surface area contributed by atoms with Crippen molar-refractivity contribution in [1.82, 2.24) is 5.48 Å². The van der Waals surface area contributed by atoms with Crippen LogP contribution in [0.2, 0.25) is 0 Å². The maximum Gasteiger partial charge on any atom is 0.143 e. The number of hydrogen-bond acceptors (Lipinski definition) is 3. The van der Waals surface area contributed by atoms with E-state index in [1.54, 1.807) is 0 Å². The van der Waals surface area contributed by atoms with Crippen LogP contribution >= 0.6 is 0 Å². The molecule has 21 heavy (non-hydrogen) atoms. The first kappa shape index (κ1) is 15.3. The summed E-state index contributed by atoms with van der Waals surface area (Å²) >= 11 is 0. The Labute approximate surface area is 125 Å². The van der Waals surface area contributed by atoms with Gasteiger partial charge in [0.15, 0.2) is 0 Å². The van der Waals surface area contributed by atoms with Crippen LogP contribution in [-0.4, -0.2) is 11.8 Å². The number of hydroxylamine groups is 1. The number of hydrogen-bond donors (Lipinski definition) is 2. The number of nitrogens with one attached hydrogen (secondary N) is 1. The lowest BCUT2D eigenvalue weighted by molar-refractivity contribution is 0.103. The molecule has 0 saturated heterocycles. The van der Waals surface area contributed by atoms with Crippen LogP contribution in [0.4, 0.5) is 0 Å². The standard InChI is InChI=1S/C18H19NO2/c1-2-21-18(13-10-15-6-4-3-5-7-15)17-11-8-16(9-12-17)14-19-20/h3-9,11-12,18-20H,2,14H2,1H3. The molecule has 0 heterocycles. The van der Waals surface area contributed by atoms with Gasteiger partial charge in [-0.25, -0.2) is 5.48 Å². The van der Waals surface area contributed by atoms with E-state index < -0.39 is 0 Å². The van der Waals surface area contributed by atoms with Gasteiger partial charge < -0.3 is 9.94 Å². The normalized spacial score (nSPS) is 11.5. The molecular weight excluding hydrogens is 262 g/mol. The van der Waals surface area contributed by atoms with Crippen LogP contribution in [0.5, 0.6) is 0 Å². The zero-order valence-electron chi connectivity index (χ0n) is 12.0. The van der Waals surface area contributed by atoms with Gasteiger partial charge in [0.1, 0.15) is 6.10 Å². The zero-order valence-corrected chi connectivity index (χ0v) is 12.0. The Morgan fingerprint density at radius 1 is 1.10 bits per heavy atom. The van der Waals surface area contributed by atoms with Gasteiger partial charge in [0.2, 0.25) is 0 Å². The molecule has 108 valence electrons. The van der Waals surface area contributed by atoms with Gasteiger partial charge in [-0.2, -0.15) is 0 Å². The lowest BCUT2D eigenvalue weighted by Gasteiger charge is -2.11. The Balaban J connectivity index is 2.17. The Hall–Kier alpha value is -2.12. The molecule has 0 aliphatic carbocycles. The van der Waals surface area contributed by atoms with Crippen LogP contribution < -0.4 is 5.48 Å². The predicted molar refractivity (Wildman–Crippen MR) is 82.8 cm³/mol. The minimum Gasteiger partial charge on any atom is -0.361 e. The van der Waals surface area contributed by atoms with Crippen LogP contribution in [0.3, 0.4) is 0 Å². The minimum atomic E-state index is -0.244. The molecule has 0 saturated carbocycles. The minimum absolute atomic E-state index is 0.244. The third kappa shape index (κ3) is 4.73. The predicted octanol–water partition coefficient (Wildman–Crippen LogP) is 3.29. The lowest BCUT2D eigenvalue weighted by Crippen LogP contribution is -2.07. The van der Waals surface area contributed by atoms with Gasteiger partial charge in [0.25, 0.3) is 0 Å². The van der Waals surface area contributed by atoms with Gasteiger partial charge in [-0.15, -0.1) is 0 Å². The van der Waals surface area contributed by atoms with Gasteiger partial charge in [-0.3, -0.25) is 0 Å². The first-order chi connectivity index (χ1) is 10.3. The molecule has 2 rings (SSSR count). The van der Waals surface area contributed by atoms with Crippen LogP contribution in [0.25, 0.3) is 0 Å². The quantitative estimate of drug-likeness (QED) is 0.652. The van der Waals surface area contributed by atoms with Crippen molar-refractivity contribution in [3.8, 4) is 11.8 Å². The summed E-state index contributed by atoms with van der Waals surface area (Å²) in [6.07, 6.45) is -0.244. The second-order valence-corrected chi connectivity index (χ2v) is 4.55. The molecule has 1 atom stereocenters. The van der Waals surface area contributed by atoms with E-state index in [2.05, 4.69) is 17.3 Å². The first-order valence-corrected chi connectivity index (χ1v) is 6.97. The molecule has 0 spiro atoms. The van der Waals surface area contributed by atoms with E-state index in [1.807, 2.05) is 61.5 Å². The summed E-state index contributed by atoms with van der Waals surface area (Å²) in [6, 6.07) is 17.7. The molecule has 0 amide bonds. The second-order valence-electron chi connectivity index (χ2n) is 4.55. The van der Waals surface area contributed by atoms with Crippen molar-refractivity contribution in [2.75, 3.05) is 6.61 Å². The van der Waals surface area contributed by atoms with E-state index in [1.165, 1.54) is 0 Å². The highest BCUT2D eigenvalue weighted by Crippen LogP contribution is 2.17. The molecule has 0 aliphatic rings. The maximum atomic E-state index is 8.70. The van der Waals surface area contributed by atoms with Crippen LogP contribution in [0.1, 0.15) is 29.7 Å². The third-order valence-corrected chi connectivity index (χ3v) is 3.02. The van der Waals surface area contributed by atoms with Crippen molar-refractivity contribution in [1.29, 1.82) is 0 Å². The molecular formula is C18H19NO2. The van der Waals surface area contributed by atoms with Crippen LogP contribution in [0.15, 0.2) is 54.6 Å². The topological polar surface area (TPSA) is 41.5 Å². The fourth-order valence-corrected chi connectivity index (χ4v) is 1.96. The Bertz CT molecular complexity index is 597. The molecule has 2 aromatic rings. The van der Waals surface area contributed by atoms with E-state index in [0.29, 0.717) is 13.2 Å². The fourth-order valence-electron chi connectivity index (χ4n) is 1.96. The third-order valence-electron chi connectivity index (χ3n) is 3.02. The second kappa shape index (κ2) is 8.23. The summed E-state index contributed by atoms with van der Waals surface area (Å²) < 4.78 is 5.71. The molecule has 3 heteroatoms. The largest absolute Gasteiger partial charge is 0.361 e. The van der Waals surface area contributed by atoms with Crippen LogP contribution in [-0.2, 0) is 11.3 Å². The van der Waals surface area contributed by atoms with E-state index in [9.17, 15) is 0 Å². The van der Waals surface area contributed by atoms with Gasteiger partial charge in [-0.1, -0.05) is 54.3 Å². The van der Waals surface area contributed by atoms with E-state index >= 15 is 0 Å². The van der Waals surface area contributed by atoms with Crippen molar-refractivity contribution in [2.24, 2.45) is 0 Å². The highest BCUT2D eigenvalue weighted by molar-refractivity contribution is 5.37. The van der Waals surface area contributed by atoms with E-state index in [-0.39, 0.29) is 6.10 Å². The fraction of sp³-hybridized carbons (Fsp3) is 0.222. The van der Waals surface area contributed by atoms with E-state index in [4.69, 9.17) is 9.94 Å². The molecule has 0 aromatic heterocycles. The van der Waals surface area contributed by atoms with E-state index in [0.717, 1.165) is 16.7 Å². The Morgan fingerprint density at radius 2 is 1.81 bits per heavy atom. The van der Waals surface area contributed by atoms with Crippen molar-refractivity contribution in [2.45, 2.75) is 19.6 Å². The zero-order chi connectivity index (χ0) is 14.9. The van der Waals surface area contributed by atoms with Gasteiger partial charge in [-0.05, 0) is 30.2 Å². The van der Waals surface area contributed by atoms with Gasteiger partial charge in [0.05, 0.1) is 0 Å². The maximum absolute atomic E-state index is 8.70. The Kier molecular flexibility index (Phi) is 5.99. The average molecular weight is 281 g/mol. The summed E-state index contributed by atoms with van der Waals surface area (Å²) in [7, 11) is 0. The first-order valence-electron chi connectivity index (χ1n) is 6.97. The summed E-state index contributed by atoms with van der Waals surface area (Å²) in [5.74, 6) is 6.31. The molecule has 0 aliphatic heterocycles. The van der Waals surface area contributed by atoms with Crippen molar-refractivity contribution >= 4 is 0 Å². The summed E-state index contributed by atoms with van der Waals surface area (Å²) in [5, 5.41) is 8.70. The Morgan fingerprint density at radius 3 is 2.43 bits per heavy atom. The summed E-state index contributed by atoms with van der Waals surface area (Å²) in [5.41, 5.74) is 5.14. The highest BCUT2D eigenvalue weighted by Gasteiger charge is 2.07. The van der Waals surface area contributed by atoms with Crippen molar-refractivity contribution < 1.29 is 9.94 Å². The molecule has 2 N–H and O–H groups in total. The molecule has 1 unspecified atom stereocenters. The number of ether oxygens (including phenoxy) is 1. The van der Waals surface area contributed by atoms with Gasteiger partial charge in [0, 0.05) is 18.7 Å². The smallest absolute Gasteiger partial charge is 0.143 e. The molecule has 2 aromatic carbocycles. The monoisotopic (exact) mass is 281 g/mol. The molecule has 0 bridgehead atoms. The number of benzene rings is 2. The van der Waals surface area contributed by atoms with Crippen molar-refractivity contribution in [3.63, 3.8) is 0 Å². The van der Waals surface area contributed by atoms with Crippen molar-refractivity contribution in [3.05, 3.63) is 71.3 Å². The summed E-state index contributed by atoms with van der Waals surface area (Å²) in [4.78, 5) is 0. The SMILES string of the molecule is CCOC(C#Cc1ccccc1)c1ccc(CNO)cc1. The van der Waals surface area contributed by atoms with Gasteiger partial charge >= 0.3 is 0 Å². The average Bonchev–Trinajstić information content (AvgIpc) is 2.54.